The highest BCUT2D eigenvalue weighted by atomic mass is 16.5. The van der Waals surface area contributed by atoms with Crippen molar-refractivity contribution >= 4 is 22.9 Å². The van der Waals surface area contributed by atoms with Gasteiger partial charge in [0.2, 0.25) is 0 Å². The summed E-state index contributed by atoms with van der Waals surface area (Å²) in [4.78, 5) is 36.0. The highest BCUT2D eigenvalue weighted by Crippen LogP contribution is 2.12. The van der Waals surface area contributed by atoms with Crippen molar-refractivity contribution < 1.29 is 14.3 Å². The molecule has 1 heterocycles. The Balaban J connectivity index is 2.01. The van der Waals surface area contributed by atoms with E-state index in [1.807, 2.05) is 38.1 Å². The van der Waals surface area contributed by atoms with Crippen molar-refractivity contribution in [3.05, 3.63) is 34.7 Å². The smallest absolute Gasteiger partial charge is 0.328 e. The van der Waals surface area contributed by atoms with Gasteiger partial charge in [0.25, 0.3) is 5.91 Å². The Morgan fingerprint density at radius 1 is 1.17 bits per heavy atom. The molecule has 0 saturated heterocycles. The standard InChI is InChI=1S/C17H23N3O4/c1-11(2)18-16(22)12(3)24-15(21)9-10-20-14-8-6-5-7-13(14)19(4)17(20)23/h5-8,11-12H,9-10H2,1-4H3,(H,18,22). The van der Waals surface area contributed by atoms with Gasteiger partial charge in [-0.2, -0.15) is 0 Å². The first-order valence-electron chi connectivity index (χ1n) is 7.95. The maximum atomic E-state index is 12.3. The normalized spacial score (nSPS) is 12.4. The van der Waals surface area contributed by atoms with Crippen LogP contribution in [0.2, 0.25) is 0 Å². The SMILES string of the molecule is CC(C)NC(=O)C(C)OC(=O)CCn1c(=O)n(C)c2ccccc21. The van der Waals surface area contributed by atoms with Crippen molar-refractivity contribution in [2.75, 3.05) is 0 Å². The van der Waals surface area contributed by atoms with E-state index in [-0.39, 0.29) is 30.6 Å². The van der Waals surface area contributed by atoms with Crippen LogP contribution in [0.4, 0.5) is 0 Å². The molecule has 1 amide bonds. The lowest BCUT2D eigenvalue weighted by atomic mass is 10.3. The second-order valence-electron chi connectivity index (χ2n) is 6.03. The number of hydrogen-bond donors (Lipinski definition) is 1. The number of benzene rings is 1. The average Bonchev–Trinajstić information content (AvgIpc) is 2.76. The second-order valence-corrected chi connectivity index (χ2v) is 6.03. The molecule has 0 bridgehead atoms. The number of esters is 1. The molecule has 2 aromatic rings. The second kappa shape index (κ2) is 7.33. The Hall–Kier alpha value is -2.57. The minimum atomic E-state index is -0.857. The topological polar surface area (TPSA) is 82.3 Å². The van der Waals surface area contributed by atoms with E-state index in [1.165, 1.54) is 11.5 Å². The number of amides is 1. The average molecular weight is 333 g/mol. The summed E-state index contributed by atoms with van der Waals surface area (Å²) in [6, 6.07) is 7.36. The number of nitrogens with zero attached hydrogens (tertiary/aromatic N) is 2. The van der Waals surface area contributed by atoms with E-state index >= 15 is 0 Å². The van der Waals surface area contributed by atoms with Crippen LogP contribution >= 0.6 is 0 Å². The van der Waals surface area contributed by atoms with E-state index in [4.69, 9.17) is 4.74 Å². The van der Waals surface area contributed by atoms with Crippen LogP contribution in [0.15, 0.2) is 29.1 Å². The highest BCUT2D eigenvalue weighted by Gasteiger charge is 2.19. The molecule has 0 aliphatic carbocycles. The number of aromatic nitrogens is 2. The molecule has 24 heavy (non-hydrogen) atoms. The Morgan fingerprint density at radius 2 is 1.79 bits per heavy atom. The van der Waals surface area contributed by atoms with Gasteiger partial charge >= 0.3 is 11.7 Å². The van der Waals surface area contributed by atoms with Crippen LogP contribution in [0.5, 0.6) is 0 Å². The lowest BCUT2D eigenvalue weighted by Gasteiger charge is -2.15. The van der Waals surface area contributed by atoms with Crippen LogP contribution in [-0.4, -0.2) is 33.2 Å². The van der Waals surface area contributed by atoms with Crippen LogP contribution in [-0.2, 0) is 27.9 Å². The van der Waals surface area contributed by atoms with Gasteiger partial charge in [-0.05, 0) is 32.9 Å². The molecule has 1 N–H and O–H groups in total. The number of rotatable bonds is 6. The number of imidazole rings is 1. The van der Waals surface area contributed by atoms with Gasteiger partial charge in [0.05, 0.1) is 17.5 Å². The fourth-order valence-corrected chi connectivity index (χ4v) is 2.49. The number of nitrogens with one attached hydrogen (secondary N) is 1. The predicted octanol–water partition coefficient (Wildman–Crippen LogP) is 1.19. The van der Waals surface area contributed by atoms with Crippen LogP contribution in [0.25, 0.3) is 11.0 Å². The number of aryl methyl sites for hydroxylation is 2. The monoisotopic (exact) mass is 333 g/mol. The highest BCUT2D eigenvalue weighted by molar-refractivity contribution is 5.83. The maximum absolute atomic E-state index is 12.3. The fraction of sp³-hybridized carbons (Fsp3) is 0.471. The van der Waals surface area contributed by atoms with Crippen molar-refractivity contribution in [2.24, 2.45) is 7.05 Å². The Morgan fingerprint density at radius 3 is 2.42 bits per heavy atom. The molecule has 2 rings (SSSR count). The molecule has 7 nitrogen and oxygen atoms in total. The Bertz CT molecular complexity index is 804. The molecule has 0 radical (unpaired) electrons. The third-order valence-electron chi connectivity index (χ3n) is 3.70. The zero-order chi connectivity index (χ0) is 17.9. The summed E-state index contributed by atoms with van der Waals surface area (Å²) in [7, 11) is 1.69. The van der Waals surface area contributed by atoms with Crippen LogP contribution in [0.1, 0.15) is 27.2 Å². The number of carbonyl (C=O) groups excluding carboxylic acids is 2. The van der Waals surface area contributed by atoms with E-state index < -0.39 is 12.1 Å². The minimum absolute atomic E-state index is 0.0205. The molecule has 0 spiro atoms. The van der Waals surface area contributed by atoms with Gasteiger partial charge in [-0.25, -0.2) is 4.79 Å². The largest absolute Gasteiger partial charge is 0.452 e. The molecule has 0 fully saturated rings. The molecule has 0 saturated carbocycles. The quantitative estimate of drug-likeness (QED) is 0.805. The number of para-hydroxylation sites is 2. The minimum Gasteiger partial charge on any atom is -0.452 e. The van der Waals surface area contributed by atoms with Crippen LogP contribution in [0.3, 0.4) is 0 Å². The van der Waals surface area contributed by atoms with Crippen LogP contribution < -0.4 is 11.0 Å². The van der Waals surface area contributed by atoms with Gasteiger partial charge in [0, 0.05) is 19.6 Å². The first kappa shape index (κ1) is 17.8. The first-order chi connectivity index (χ1) is 11.3. The molecule has 7 heteroatoms. The Kier molecular flexibility index (Phi) is 5.43. The van der Waals surface area contributed by atoms with Gasteiger partial charge < -0.3 is 10.1 Å². The lowest BCUT2D eigenvalue weighted by molar-refractivity contribution is -0.155. The number of fused-ring (bicyclic) bond motifs is 1. The van der Waals surface area contributed by atoms with E-state index in [0.29, 0.717) is 0 Å². The third-order valence-corrected chi connectivity index (χ3v) is 3.70. The van der Waals surface area contributed by atoms with E-state index in [9.17, 15) is 14.4 Å². The summed E-state index contributed by atoms with van der Waals surface area (Å²) in [6.07, 6.45) is -0.836. The van der Waals surface area contributed by atoms with Gasteiger partial charge in [0.15, 0.2) is 6.10 Å². The van der Waals surface area contributed by atoms with Crippen molar-refractivity contribution in [3.8, 4) is 0 Å². The predicted molar refractivity (Wildman–Crippen MR) is 90.6 cm³/mol. The molecular formula is C17H23N3O4. The van der Waals surface area contributed by atoms with Crippen molar-refractivity contribution in [1.29, 1.82) is 0 Å². The van der Waals surface area contributed by atoms with E-state index in [2.05, 4.69) is 5.32 Å². The van der Waals surface area contributed by atoms with Gasteiger partial charge in [-0.15, -0.1) is 0 Å². The first-order valence-corrected chi connectivity index (χ1v) is 7.95. The zero-order valence-electron chi connectivity index (χ0n) is 14.4. The van der Waals surface area contributed by atoms with Gasteiger partial charge in [-0.3, -0.25) is 18.7 Å². The Labute approximate surface area is 140 Å². The van der Waals surface area contributed by atoms with Gasteiger partial charge in [-0.1, -0.05) is 12.1 Å². The molecule has 0 aliphatic heterocycles. The fourth-order valence-electron chi connectivity index (χ4n) is 2.49. The third kappa shape index (κ3) is 3.84. The van der Waals surface area contributed by atoms with Crippen molar-refractivity contribution in [2.45, 2.75) is 45.9 Å². The van der Waals surface area contributed by atoms with E-state index in [0.717, 1.165) is 11.0 Å². The van der Waals surface area contributed by atoms with E-state index in [1.54, 1.807) is 11.6 Å². The summed E-state index contributed by atoms with van der Waals surface area (Å²) in [6.45, 7) is 5.40. The molecule has 1 aromatic carbocycles. The van der Waals surface area contributed by atoms with Gasteiger partial charge in [0.1, 0.15) is 0 Å². The molecule has 0 aliphatic rings. The lowest BCUT2D eigenvalue weighted by Crippen LogP contribution is -2.39. The van der Waals surface area contributed by atoms with Crippen molar-refractivity contribution in [3.63, 3.8) is 0 Å². The molecule has 130 valence electrons. The molecule has 1 unspecified atom stereocenters. The molecule has 1 atom stereocenters. The summed E-state index contributed by atoms with van der Waals surface area (Å²) < 4.78 is 8.20. The summed E-state index contributed by atoms with van der Waals surface area (Å²) in [5.74, 6) is -0.845. The number of hydrogen-bond acceptors (Lipinski definition) is 4. The summed E-state index contributed by atoms with van der Waals surface area (Å²) in [5, 5.41) is 2.68. The van der Waals surface area contributed by atoms with Crippen molar-refractivity contribution in [1.82, 2.24) is 14.5 Å². The molecular weight excluding hydrogens is 310 g/mol. The molecule has 1 aromatic heterocycles. The number of ether oxygens (including phenoxy) is 1. The summed E-state index contributed by atoms with van der Waals surface area (Å²) >= 11 is 0. The number of carbonyl (C=O) groups is 2. The summed E-state index contributed by atoms with van der Waals surface area (Å²) in [5.41, 5.74) is 1.39. The maximum Gasteiger partial charge on any atom is 0.328 e. The zero-order valence-corrected chi connectivity index (χ0v) is 14.4. The van der Waals surface area contributed by atoms with Crippen LogP contribution in [0, 0.1) is 0 Å².